The number of fused-ring (bicyclic) bond motifs is 6. The summed E-state index contributed by atoms with van der Waals surface area (Å²) in [6.45, 7) is 13.1. The Balaban J connectivity index is 1.30. The van der Waals surface area contributed by atoms with Gasteiger partial charge in [-0.1, -0.05) is 119 Å². The number of rotatable bonds is 8. The number of methoxy groups -OCH3 is 2. The van der Waals surface area contributed by atoms with Crippen molar-refractivity contribution in [3.63, 3.8) is 0 Å². The molecule has 5 aromatic carbocycles. The Labute approximate surface area is 380 Å². The molecule has 9 aromatic rings. The van der Waals surface area contributed by atoms with Crippen molar-refractivity contribution in [3.05, 3.63) is 210 Å². The van der Waals surface area contributed by atoms with Crippen molar-refractivity contribution in [2.75, 3.05) is 14.2 Å². The van der Waals surface area contributed by atoms with E-state index in [4.69, 9.17) is 9.47 Å². The minimum atomic E-state index is -0.567. The molecule has 0 fully saturated rings. The van der Waals surface area contributed by atoms with E-state index in [1.54, 1.807) is 14.2 Å². The van der Waals surface area contributed by atoms with E-state index in [0.29, 0.717) is 0 Å². The van der Waals surface area contributed by atoms with Gasteiger partial charge in [-0.15, -0.1) is 45.3 Å². The summed E-state index contributed by atoms with van der Waals surface area (Å²) in [6, 6.07) is 51.8. The molecule has 62 heavy (non-hydrogen) atoms. The maximum atomic E-state index is 6.04. The molecule has 0 amide bonds. The van der Waals surface area contributed by atoms with E-state index in [2.05, 4.69) is 175 Å². The average Bonchev–Trinajstić information content (AvgIpc) is 4.13. The Kier molecular flexibility index (Phi) is 9.23. The fourth-order valence-corrected chi connectivity index (χ4v) is 14.9. The van der Waals surface area contributed by atoms with Crippen molar-refractivity contribution < 1.29 is 9.47 Å². The highest BCUT2D eigenvalue weighted by Gasteiger charge is 2.53. The van der Waals surface area contributed by atoms with Gasteiger partial charge in [0.15, 0.2) is 0 Å². The van der Waals surface area contributed by atoms with Crippen LogP contribution in [0.25, 0.3) is 40.4 Å². The number of ether oxygens (including phenoxy) is 2. The summed E-state index contributed by atoms with van der Waals surface area (Å²) in [4.78, 5) is 10.0. The molecule has 11 rings (SSSR count). The number of thiophene rings is 4. The van der Waals surface area contributed by atoms with Crippen LogP contribution in [0.5, 0.6) is 11.5 Å². The summed E-state index contributed by atoms with van der Waals surface area (Å²) in [5, 5.41) is 0. The molecule has 2 aliphatic rings. The van der Waals surface area contributed by atoms with Crippen molar-refractivity contribution in [2.24, 2.45) is 0 Å². The Morgan fingerprint density at radius 1 is 0.339 bits per heavy atom. The zero-order chi connectivity index (χ0) is 42.7. The maximum absolute atomic E-state index is 6.04. The Morgan fingerprint density at radius 3 is 0.935 bits per heavy atom. The van der Waals surface area contributed by atoms with Crippen LogP contribution < -0.4 is 9.47 Å². The molecule has 0 N–H and O–H groups in total. The monoisotopic (exact) mass is 878 g/mol. The second-order valence-corrected chi connectivity index (χ2v) is 21.7. The van der Waals surface area contributed by atoms with E-state index in [-0.39, 0.29) is 0 Å². The van der Waals surface area contributed by atoms with Crippen molar-refractivity contribution in [2.45, 2.75) is 52.4 Å². The van der Waals surface area contributed by atoms with Crippen LogP contribution in [0.15, 0.2) is 133 Å². The van der Waals surface area contributed by atoms with E-state index in [0.717, 1.165) is 11.5 Å². The summed E-state index contributed by atoms with van der Waals surface area (Å²) >= 11 is 7.46. The van der Waals surface area contributed by atoms with Crippen LogP contribution in [0.1, 0.15) is 76.5 Å². The fourth-order valence-electron chi connectivity index (χ4n) is 10.3. The number of hydrogen-bond acceptors (Lipinski definition) is 6. The third kappa shape index (κ3) is 5.63. The molecule has 0 saturated carbocycles. The van der Waals surface area contributed by atoms with Gasteiger partial charge in [-0.05, 0) is 134 Å². The van der Waals surface area contributed by atoms with Crippen LogP contribution in [0, 0.1) is 41.5 Å². The largest absolute Gasteiger partial charge is 0.495 e. The number of aryl methyl sites for hydroxylation is 6. The summed E-state index contributed by atoms with van der Waals surface area (Å²) in [5.74, 6) is 1.88. The van der Waals surface area contributed by atoms with Crippen molar-refractivity contribution in [1.29, 1.82) is 0 Å². The third-order valence-electron chi connectivity index (χ3n) is 13.2. The van der Waals surface area contributed by atoms with Crippen molar-refractivity contribution in [1.82, 2.24) is 0 Å². The van der Waals surface area contributed by atoms with E-state index in [1.165, 1.54) is 117 Å². The Bertz CT molecular complexity index is 2880. The first-order valence-corrected chi connectivity index (χ1v) is 24.4. The molecule has 0 saturated heterocycles. The van der Waals surface area contributed by atoms with E-state index >= 15 is 0 Å². The summed E-state index contributed by atoms with van der Waals surface area (Å²) in [6.07, 6.45) is 0. The summed E-state index contributed by atoms with van der Waals surface area (Å²) in [5.41, 5.74) is 16.9. The average molecular weight is 879 g/mol. The molecule has 2 aliphatic carbocycles. The SMILES string of the molecule is COc1cc(C)sc1-c1cc2c(s1)-c1cc3c(cc1C2(c1ccc(C)cc1)c1ccc(C)cc1)-c1sc(-c2sc(C)cc2OC)cc1C3(c1ccc(C)cc1)c1ccc(C)cc1. The number of benzene rings is 5. The molecule has 0 bridgehead atoms. The first-order valence-electron chi connectivity index (χ1n) is 21.1. The predicted molar refractivity (Wildman–Crippen MR) is 265 cm³/mol. The maximum Gasteiger partial charge on any atom is 0.138 e. The lowest BCUT2D eigenvalue weighted by Gasteiger charge is -2.35. The van der Waals surface area contributed by atoms with Gasteiger partial charge in [0, 0.05) is 29.3 Å². The standard InChI is InChI=1S/C56H46O2S4/c1-31-9-17-37(18-10-31)55(38-19-11-32(2)12-20-38)43-27-42-44(28-41(43)51-45(55)29-49(61-51)53-47(57-7)25-35(5)59-53)56(39-21-13-33(3)14-22-39,40-23-15-34(4)16-24-40)46-30-50(62-52(42)46)54-48(58-8)26-36(6)60-54/h9-30H,1-8H3. The quantitative estimate of drug-likeness (QED) is 0.151. The van der Waals surface area contributed by atoms with Crippen LogP contribution in [0.3, 0.4) is 0 Å². The molecule has 4 heterocycles. The molecule has 0 unspecified atom stereocenters. The van der Waals surface area contributed by atoms with Crippen LogP contribution in [0.2, 0.25) is 0 Å². The van der Waals surface area contributed by atoms with Gasteiger partial charge in [-0.3, -0.25) is 0 Å². The van der Waals surface area contributed by atoms with Gasteiger partial charge in [0.2, 0.25) is 0 Å². The molecular formula is C56H46O2S4. The second kappa shape index (κ2) is 14.5. The smallest absolute Gasteiger partial charge is 0.138 e. The molecular weight excluding hydrogens is 833 g/mol. The zero-order valence-electron chi connectivity index (χ0n) is 36.2. The van der Waals surface area contributed by atoms with Crippen LogP contribution >= 0.6 is 45.3 Å². The van der Waals surface area contributed by atoms with Gasteiger partial charge in [0.05, 0.1) is 34.8 Å². The lowest BCUT2D eigenvalue weighted by molar-refractivity contribution is 0.418. The van der Waals surface area contributed by atoms with Crippen LogP contribution in [0.4, 0.5) is 0 Å². The van der Waals surface area contributed by atoms with E-state index < -0.39 is 10.8 Å². The molecule has 0 aliphatic heterocycles. The van der Waals surface area contributed by atoms with Gasteiger partial charge in [-0.25, -0.2) is 0 Å². The zero-order valence-corrected chi connectivity index (χ0v) is 39.4. The normalized spacial score (nSPS) is 14.1. The van der Waals surface area contributed by atoms with E-state index in [1.807, 2.05) is 45.3 Å². The lowest BCUT2D eigenvalue weighted by Crippen LogP contribution is -2.30. The molecule has 4 aromatic heterocycles. The van der Waals surface area contributed by atoms with Crippen LogP contribution in [-0.4, -0.2) is 14.2 Å². The molecule has 0 radical (unpaired) electrons. The van der Waals surface area contributed by atoms with Gasteiger partial charge in [0.25, 0.3) is 0 Å². The molecule has 0 spiro atoms. The highest BCUT2D eigenvalue weighted by atomic mass is 32.1. The third-order valence-corrected chi connectivity index (χ3v) is 18.0. The highest BCUT2D eigenvalue weighted by molar-refractivity contribution is 7.25. The fraction of sp³-hybridized carbons (Fsp3) is 0.179. The first kappa shape index (κ1) is 39.4. The van der Waals surface area contributed by atoms with Gasteiger partial charge >= 0.3 is 0 Å². The van der Waals surface area contributed by atoms with Crippen molar-refractivity contribution in [3.8, 4) is 51.9 Å². The Hall–Kier alpha value is -5.50. The minimum absolute atomic E-state index is 0.567. The van der Waals surface area contributed by atoms with Gasteiger partial charge in [-0.2, -0.15) is 0 Å². The highest BCUT2D eigenvalue weighted by Crippen LogP contribution is 2.66. The van der Waals surface area contributed by atoms with Gasteiger partial charge in [0.1, 0.15) is 11.5 Å². The van der Waals surface area contributed by atoms with E-state index in [9.17, 15) is 0 Å². The summed E-state index contributed by atoms with van der Waals surface area (Å²) < 4.78 is 12.1. The molecule has 306 valence electrons. The Morgan fingerprint density at radius 2 is 0.645 bits per heavy atom. The van der Waals surface area contributed by atoms with Crippen LogP contribution in [-0.2, 0) is 10.8 Å². The van der Waals surface area contributed by atoms with Gasteiger partial charge < -0.3 is 9.47 Å². The summed E-state index contributed by atoms with van der Waals surface area (Å²) in [7, 11) is 3.59. The predicted octanol–water partition coefficient (Wildman–Crippen LogP) is 15.9. The second-order valence-electron chi connectivity index (χ2n) is 17.1. The lowest BCUT2D eigenvalue weighted by atomic mass is 9.65. The number of hydrogen-bond donors (Lipinski definition) is 0. The molecule has 0 atom stereocenters. The molecule has 2 nitrogen and oxygen atoms in total. The first-order chi connectivity index (χ1) is 30.0. The topological polar surface area (TPSA) is 18.5 Å². The molecule has 6 heteroatoms. The minimum Gasteiger partial charge on any atom is -0.495 e. The van der Waals surface area contributed by atoms with Crippen molar-refractivity contribution >= 4 is 45.3 Å².